The second-order valence-electron chi connectivity index (χ2n) is 4.96. The fraction of sp³-hybridized carbons (Fsp3) is 0.333. The fourth-order valence-corrected chi connectivity index (χ4v) is 3.17. The Morgan fingerprint density at radius 1 is 1.25 bits per heavy atom. The van der Waals surface area contributed by atoms with Gasteiger partial charge in [-0.05, 0) is 30.3 Å². The lowest BCUT2D eigenvalue weighted by Gasteiger charge is -2.27. The van der Waals surface area contributed by atoms with Gasteiger partial charge in [0.05, 0.1) is 4.91 Å². The first kappa shape index (κ1) is 13.4. The number of aliphatic imine (C=N–C) groups is 1. The normalized spacial score (nSPS) is 21.4. The molecule has 0 bridgehead atoms. The molecule has 2 heterocycles. The van der Waals surface area contributed by atoms with Gasteiger partial charge in [0.2, 0.25) is 0 Å². The summed E-state index contributed by atoms with van der Waals surface area (Å²) in [6.07, 6.45) is 1.92. The zero-order valence-corrected chi connectivity index (χ0v) is 12.2. The van der Waals surface area contributed by atoms with Crippen LogP contribution in [0, 0.1) is 6.92 Å². The van der Waals surface area contributed by atoms with Gasteiger partial charge in [-0.2, -0.15) is 4.99 Å². The van der Waals surface area contributed by atoms with Crippen molar-refractivity contribution in [3.05, 3.63) is 40.3 Å². The average Bonchev–Trinajstić information content (AvgIpc) is 2.84. The van der Waals surface area contributed by atoms with Crippen molar-refractivity contribution in [3.8, 4) is 0 Å². The molecule has 1 aromatic rings. The molecule has 2 aliphatic rings. The van der Waals surface area contributed by atoms with Crippen molar-refractivity contribution in [3.63, 3.8) is 0 Å². The molecule has 0 aromatic heterocycles. The maximum atomic E-state index is 12.0. The number of hydrogen-bond acceptors (Lipinski definition) is 4. The van der Waals surface area contributed by atoms with Gasteiger partial charge in [0.15, 0.2) is 5.17 Å². The number of thioether (sulfide) groups is 1. The summed E-state index contributed by atoms with van der Waals surface area (Å²) in [5.74, 6) is -0.121. The van der Waals surface area contributed by atoms with Crippen molar-refractivity contribution in [1.82, 2.24) is 10.2 Å². The lowest BCUT2D eigenvalue weighted by Crippen LogP contribution is -2.45. The number of nitrogens with zero attached hydrogens (tertiary/aromatic N) is 2. The number of carbonyl (C=O) groups excluding carboxylic acids is 1. The quantitative estimate of drug-likeness (QED) is 0.801. The third kappa shape index (κ3) is 2.94. The molecule has 1 fully saturated rings. The summed E-state index contributed by atoms with van der Waals surface area (Å²) in [4.78, 5) is 19.0. The predicted molar refractivity (Wildman–Crippen MR) is 83.6 cm³/mol. The maximum Gasteiger partial charge on any atom is 0.286 e. The Morgan fingerprint density at radius 2 is 1.95 bits per heavy atom. The SMILES string of the molecule is Cc1ccc(/C=C2/SC(N3CCNCC3)=NC2=O)cc1. The predicted octanol–water partition coefficient (Wildman–Crippen LogP) is 1.87. The van der Waals surface area contributed by atoms with E-state index < -0.39 is 0 Å². The smallest absolute Gasteiger partial charge is 0.286 e. The van der Waals surface area contributed by atoms with Crippen molar-refractivity contribution in [2.24, 2.45) is 4.99 Å². The Morgan fingerprint density at radius 3 is 2.65 bits per heavy atom. The van der Waals surface area contributed by atoms with Crippen LogP contribution in [0.5, 0.6) is 0 Å². The summed E-state index contributed by atoms with van der Waals surface area (Å²) in [6.45, 7) is 5.78. The molecule has 0 atom stereocenters. The van der Waals surface area contributed by atoms with Crippen molar-refractivity contribution >= 4 is 28.9 Å². The van der Waals surface area contributed by atoms with E-state index in [1.807, 2.05) is 18.2 Å². The van der Waals surface area contributed by atoms with E-state index in [1.165, 1.54) is 17.3 Å². The van der Waals surface area contributed by atoms with E-state index in [0.29, 0.717) is 4.91 Å². The summed E-state index contributed by atoms with van der Waals surface area (Å²) >= 11 is 1.48. The lowest BCUT2D eigenvalue weighted by molar-refractivity contribution is -0.113. The number of rotatable bonds is 1. The molecule has 1 N–H and O–H groups in total. The standard InChI is InChI=1S/C15H17N3OS/c1-11-2-4-12(5-3-11)10-13-14(19)17-15(20-13)18-8-6-16-7-9-18/h2-5,10,16H,6-9H2,1H3/b13-10+. The van der Waals surface area contributed by atoms with Gasteiger partial charge < -0.3 is 10.2 Å². The minimum absolute atomic E-state index is 0.121. The van der Waals surface area contributed by atoms with Gasteiger partial charge in [-0.1, -0.05) is 29.8 Å². The Balaban J connectivity index is 1.74. The van der Waals surface area contributed by atoms with Crippen LogP contribution in [0.2, 0.25) is 0 Å². The van der Waals surface area contributed by atoms with Crippen LogP contribution in [0.3, 0.4) is 0 Å². The molecular formula is C15H17N3OS. The van der Waals surface area contributed by atoms with Crippen LogP contribution in [-0.4, -0.2) is 42.2 Å². The van der Waals surface area contributed by atoms with E-state index >= 15 is 0 Å². The van der Waals surface area contributed by atoms with Crippen LogP contribution in [0.4, 0.5) is 0 Å². The highest BCUT2D eigenvalue weighted by molar-refractivity contribution is 8.18. The van der Waals surface area contributed by atoms with Gasteiger partial charge in [0.1, 0.15) is 0 Å². The van der Waals surface area contributed by atoms with E-state index in [-0.39, 0.29) is 5.91 Å². The molecular weight excluding hydrogens is 270 g/mol. The number of hydrogen-bond donors (Lipinski definition) is 1. The highest BCUT2D eigenvalue weighted by atomic mass is 32.2. The average molecular weight is 287 g/mol. The van der Waals surface area contributed by atoms with Crippen LogP contribution in [0.25, 0.3) is 6.08 Å². The molecule has 1 saturated heterocycles. The number of nitrogens with one attached hydrogen (secondary N) is 1. The molecule has 5 heteroatoms. The van der Waals surface area contributed by atoms with Gasteiger partial charge in [0, 0.05) is 26.2 Å². The monoisotopic (exact) mass is 287 g/mol. The minimum atomic E-state index is -0.121. The third-order valence-corrected chi connectivity index (χ3v) is 4.42. The Hall–Kier alpha value is -1.59. The van der Waals surface area contributed by atoms with Crippen molar-refractivity contribution in [2.75, 3.05) is 26.2 Å². The number of piperazine rings is 1. The second kappa shape index (κ2) is 5.81. The first-order valence-corrected chi connectivity index (χ1v) is 7.59. The Bertz CT molecular complexity index is 571. The van der Waals surface area contributed by atoms with Gasteiger partial charge in [0.25, 0.3) is 5.91 Å². The van der Waals surface area contributed by atoms with Crippen molar-refractivity contribution in [2.45, 2.75) is 6.92 Å². The molecule has 2 aliphatic heterocycles. The largest absolute Gasteiger partial charge is 0.348 e. The van der Waals surface area contributed by atoms with Gasteiger partial charge in [-0.15, -0.1) is 0 Å². The molecule has 0 saturated carbocycles. The van der Waals surface area contributed by atoms with E-state index in [0.717, 1.165) is 36.9 Å². The molecule has 3 rings (SSSR count). The summed E-state index contributed by atoms with van der Waals surface area (Å²) in [5.41, 5.74) is 2.26. The Labute approximate surface area is 123 Å². The Kier molecular flexibility index (Phi) is 3.89. The number of benzene rings is 1. The number of aryl methyl sites for hydroxylation is 1. The van der Waals surface area contributed by atoms with Gasteiger partial charge in [-0.3, -0.25) is 4.79 Å². The molecule has 104 valence electrons. The number of amides is 1. The van der Waals surface area contributed by atoms with Crippen LogP contribution in [-0.2, 0) is 4.79 Å². The first-order chi connectivity index (χ1) is 9.72. The molecule has 0 spiro atoms. The van der Waals surface area contributed by atoms with E-state index in [9.17, 15) is 4.79 Å². The second-order valence-corrected chi connectivity index (χ2v) is 5.97. The van der Waals surface area contributed by atoms with Crippen LogP contribution >= 0.6 is 11.8 Å². The van der Waals surface area contributed by atoms with E-state index in [4.69, 9.17) is 0 Å². The molecule has 1 aromatic carbocycles. The zero-order chi connectivity index (χ0) is 13.9. The van der Waals surface area contributed by atoms with E-state index in [1.54, 1.807) is 0 Å². The first-order valence-electron chi connectivity index (χ1n) is 6.77. The highest BCUT2D eigenvalue weighted by Gasteiger charge is 2.26. The summed E-state index contributed by atoms with van der Waals surface area (Å²) < 4.78 is 0. The summed E-state index contributed by atoms with van der Waals surface area (Å²) in [7, 11) is 0. The summed E-state index contributed by atoms with van der Waals surface area (Å²) in [6, 6.07) is 8.15. The van der Waals surface area contributed by atoms with Crippen molar-refractivity contribution < 1.29 is 4.79 Å². The summed E-state index contributed by atoms with van der Waals surface area (Å²) in [5, 5.41) is 4.14. The topological polar surface area (TPSA) is 44.7 Å². The highest BCUT2D eigenvalue weighted by Crippen LogP contribution is 2.30. The van der Waals surface area contributed by atoms with Crippen LogP contribution < -0.4 is 5.32 Å². The van der Waals surface area contributed by atoms with Gasteiger partial charge in [-0.25, -0.2) is 0 Å². The van der Waals surface area contributed by atoms with Gasteiger partial charge >= 0.3 is 0 Å². The van der Waals surface area contributed by atoms with Crippen molar-refractivity contribution in [1.29, 1.82) is 0 Å². The van der Waals surface area contributed by atoms with Crippen LogP contribution in [0.15, 0.2) is 34.2 Å². The number of amidine groups is 1. The van der Waals surface area contributed by atoms with Crippen LogP contribution in [0.1, 0.15) is 11.1 Å². The number of carbonyl (C=O) groups is 1. The fourth-order valence-electron chi connectivity index (χ4n) is 2.20. The lowest BCUT2D eigenvalue weighted by atomic mass is 10.1. The molecule has 4 nitrogen and oxygen atoms in total. The molecule has 0 unspecified atom stereocenters. The molecule has 1 amide bonds. The third-order valence-electron chi connectivity index (χ3n) is 3.37. The van der Waals surface area contributed by atoms with E-state index in [2.05, 4.69) is 34.3 Å². The molecule has 0 aliphatic carbocycles. The molecule has 20 heavy (non-hydrogen) atoms. The minimum Gasteiger partial charge on any atom is -0.348 e. The zero-order valence-electron chi connectivity index (χ0n) is 11.4. The maximum absolute atomic E-state index is 12.0. The molecule has 0 radical (unpaired) electrons.